The number of rotatable bonds is 3. The van der Waals surface area contributed by atoms with Gasteiger partial charge in [0.15, 0.2) is 5.70 Å². The minimum Gasteiger partial charge on any atom is -0.496 e. The predicted molar refractivity (Wildman–Crippen MR) is 89.8 cm³/mol. The average Bonchev–Trinajstić information content (AvgIpc) is 2.89. The average molecular weight is 328 g/mol. The number of ether oxygens (including phenoxy) is 2. The Hall–Kier alpha value is -2.59. The second-order valence-corrected chi connectivity index (χ2v) is 5.51. The van der Waals surface area contributed by atoms with Gasteiger partial charge in [0.25, 0.3) is 0 Å². The number of methoxy groups -OCH3 is 1. The van der Waals surface area contributed by atoms with Crippen molar-refractivity contribution in [3.63, 3.8) is 0 Å². The van der Waals surface area contributed by atoms with Crippen LogP contribution in [0.25, 0.3) is 6.08 Å². The maximum atomic E-state index is 12.0. The van der Waals surface area contributed by atoms with Crippen LogP contribution in [0, 0.1) is 6.92 Å². The minimum absolute atomic E-state index is 0.254. The number of hydrogen-bond donors (Lipinski definition) is 0. The van der Waals surface area contributed by atoms with Crippen LogP contribution in [0.3, 0.4) is 0 Å². The zero-order valence-electron chi connectivity index (χ0n) is 12.7. The number of cyclic esters (lactones) is 1. The molecule has 0 saturated heterocycles. The van der Waals surface area contributed by atoms with E-state index in [1.54, 1.807) is 37.5 Å². The highest BCUT2D eigenvalue weighted by Crippen LogP contribution is 2.23. The maximum absolute atomic E-state index is 12.0. The van der Waals surface area contributed by atoms with Gasteiger partial charge in [-0.15, -0.1) is 0 Å². The van der Waals surface area contributed by atoms with Crippen molar-refractivity contribution in [3.05, 3.63) is 69.9 Å². The van der Waals surface area contributed by atoms with Gasteiger partial charge in [-0.3, -0.25) is 0 Å². The highest BCUT2D eigenvalue weighted by Gasteiger charge is 2.24. The van der Waals surface area contributed by atoms with E-state index in [9.17, 15) is 4.79 Å². The molecule has 23 heavy (non-hydrogen) atoms. The van der Waals surface area contributed by atoms with Gasteiger partial charge in [0.2, 0.25) is 5.90 Å². The van der Waals surface area contributed by atoms with Gasteiger partial charge in [-0.2, -0.15) is 0 Å². The summed E-state index contributed by atoms with van der Waals surface area (Å²) in [6.45, 7) is 1.94. The van der Waals surface area contributed by atoms with Crippen LogP contribution < -0.4 is 4.74 Å². The summed E-state index contributed by atoms with van der Waals surface area (Å²) in [6, 6.07) is 12.7. The van der Waals surface area contributed by atoms with Gasteiger partial charge in [-0.05, 0) is 54.5 Å². The van der Waals surface area contributed by atoms with Gasteiger partial charge < -0.3 is 9.47 Å². The third kappa shape index (κ3) is 3.27. The van der Waals surface area contributed by atoms with E-state index < -0.39 is 5.97 Å². The van der Waals surface area contributed by atoms with E-state index >= 15 is 0 Å². The zero-order valence-corrected chi connectivity index (χ0v) is 13.4. The first-order valence-corrected chi connectivity index (χ1v) is 7.38. The summed E-state index contributed by atoms with van der Waals surface area (Å²) in [6.07, 6.45) is 1.69. The van der Waals surface area contributed by atoms with Crippen molar-refractivity contribution in [2.45, 2.75) is 6.92 Å². The quantitative estimate of drug-likeness (QED) is 0.632. The molecule has 0 radical (unpaired) electrons. The molecule has 0 atom stereocenters. The molecular formula is C18H14ClNO3. The molecule has 0 bridgehead atoms. The lowest BCUT2D eigenvalue weighted by Gasteiger charge is -2.04. The van der Waals surface area contributed by atoms with E-state index in [4.69, 9.17) is 21.1 Å². The second-order valence-electron chi connectivity index (χ2n) is 5.08. The summed E-state index contributed by atoms with van der Waals surface area (Å²) < 4.78 is 10.4. The van der Waals surface area contributed by atoms with Crippen LogP contribution in [0.2, 0.25) is 5.02 Å². The fourth-order valence-corrected chi connectivity index (χ4v) is 2.49. The fraction of sp³-hybridized carbons (Fsp3) is 0.111. The molecule has 1 heterocycles. The van der Waals surface area contributed by atoms with Crippen LogP contribution >= 0.6 is 11.6 Å². The molecule has 0 saturated carbocycles. The number of nitrogens with zero attached hydrogens (tertiary/aromatic N) is 1. The molecule has 0 aromatic heterocycles. The van der Waals surface area contributed by atoms with Gasteiger partial charge in [0, 0.05) is 10.6 Å². The molecular weight excluding hydrogens is 314 g/mol. The van der Waals surface area contributed by atoms with Crippen molar-refractivity contribution in [2.24, 2.45) is 4.99 Å². The van der Waals surface area contributed by atoms with Crippen molar-refractivity contribution < 1.29 is 14.3 Å². The summed E-state index contributed by atoms with van der Waals surface area (Å²) >= 11 is 5.95. The first kappa shape index (κ1) is 15.3. The Kier molecular flexibility index (Phi) is 4.17. The van der Waals surface area contributed by atoms with E-state index in [1.165, 1.54) is 0 Å². The molecule has 2 aromatic rings. The van der Waals surface area contributed by atoms with E-state index in [-0.39, 0.29) is 11.6 Å². The molecule has 0 spiro atoms. The molecule has 116 valence electrons. The molecule has 0 aliphatic carbocycles. The van der Waals surface area contributed by atoms with Crippen molar-refractivity contribution in [1.82, 2.24) is 0 Å². The third-order valence-electron chi connectivity index (χ3n) is 3.41. The van der Waals surface area contributed by atoms with Crippen molar-refractivity contribution in [3.8, 4) is 5.75 Å². The SMILES string of the molecule is COc1ccc(/C=C2\N=C(c3cccc(Cl)c3)OC2=O)cc1C. The van der Waals surface area contributed by atoms with Crippen molar-refractivity contribution >= 4 is 29.5 Å². The van der Waals surface area contributed by atoms with Crippen LogP contribution in [0.1, 0.15) is 16.7 Å². The van der Waals surface area contributed by atoms with Crippen LogP contribution in [0.5, 0.6) is 5.75 Å². The molecule has 0 N–H and O–H groups in total. The Morgan fingerprint density at radius 3 is 2.74 bits per heavy atom. The van der Waals surface area contributed by atoms with E-state index in [1.807, 2.05) is 25.1 Å². The van der Waals surface area contributed by atoms with Crippen LogP contribution in [0.4, 0.5) is 0 Å². The molecule has 1 aliphatic rings. The third-order valence-corrected chi connectivity index (χ3v) is 3.65. The molecule has 4 nitrogen and oxygen atoms in total. The number of halogens is 1. The topological polar surface area (TPSA) is 47.9 Å². The number of aliphatic imine (C=N–C) groups is 1. The Balaban J connectivity index is 1.93. The Labute approximate surface area is 139 Å². The van der Waals surface area contributed by atoms with E-state index in [2.05, 4.69) is 4.99 Å². The Bertz CT molecular complexity index is 840. The van der Waals surface area contributed by atoms with Gasteiger partial charge >= 0.3 is 5.97 Å². The number of carbonyl (C=O) groups is 1. The maximum Gasteiger partial charge on any atom is 0.363 e. The van der Waals surface area contributed by atoms with E-state index in [0.717, 1.165) is 16.9 Å². The number of carbonyl (C=O) groups excluding carboxylic acids is 1. The number of benzene rings is 2. The lowest BCUT2D eigenvalue weighted by molar-refractivity contribution is -0.129. The lowest BCUT2D eigenvalue weighted by Crippen LogP contribution is -2.05. The summed E-state index contributed by atoms with van der Waals surface area (Å²) in [5, 5.41) is 0.560. The first-order chi connectivity index (χ1) is 11.1. The number of hydrogen-bond acceptors (Lipinski definition) is 4. The smallest absolute Gasteiger partial charge is 0.363 e. The van der Waals surface area contributed by atoms with Crippen LogP contribution in [0.15, 0.2) is 53.2 Å². The Morgan fingerprint density at radius 2 is 2.04 bits per heavy atom. The summed E-state index contributed by atoms with van der Waals surface area (Å²) in [4.78, 5) is 16.3. The second kappa shape index (κ2) is 6.26. The largest absolute Gasteiger partial charge is 0.496 e. The van der Waals surface area contributed by atoms with Crippen LogP contribution in [-0.4, -0.2) is 19.0 Å². The summed E-state index contributed by atoms with van der Waals surface area (Å²) in [5.41, 5.74) is 2.75. The summed E-state index contributed by atoms with van der Waals surface area (Å²) in [7, 11) is 1.62. The van der Waals surface area contributed by atoms with Gasteiger partial charge in [0.05, 0.1) is 7.11 Å². The monoisotopic (exact) mass is 327 g/mol. The normalized spacial score (nSPS) is 15.5. The van der Waals surface area contributed by atoms with Gasteiger partial charge in [-0.1, -0.05) is 23.7 Å². The number of aryl methyl sites for hydroxylation is 1. The fourth-order valence-electron chi connectivity index (χ4n) is 2.30. The van der Waals surface area contributed by atoms with Gasteiger partial charge in [0.1, 0.15) is 5.75 Å². The highest BCUT2D eigenvalue weighted by atomic mass is 35.5. The molecule has 1 aliphatic heterocycles. The molecule has 2 aromatic carbocycles. The molecule has 0 unspecified atom stereocenters. The number of esters is 1. The standard InChI is InChI=1S/C18H14ClNO3/c1-11-8-12(6-7-16(11)22-2)9-15-18(21)23-17(20-15)13-4-3-5-14(19)10-13/h3-10H,1-2H3/b15-9-. The van der Waals surface area contributed by atoms with Crippen LogP contribution in [-0.2, 0) is 9.53 Å². The highest BCUT2D eigenvalue weighted by molar-refractivity contribution is 6.31. The molecule has 0 fully saturated rings. The van der Waals surface area contributed by atoms with Gasteiger partial charge in [-0.25, -0.2) is 9.79 Å². The molecule has 5 heteroatoms. The first-order valence-electron chi connectivity index (χ1n) is 7.00. The lowest BCUT2D eigenvalue weighted by atomic mass is 10.1. The van der Waals surface area contributed by atoms with Crippen molar-refractivity contribution in [2.75, 3.05) is 7.11 Å². The van der Waals surface area contributed by atoms with E-state index in [0.29, 0.717) is 10.6 Å². The predicted octanol–water partition coefficient (Wildman–Crippen LogP) is 4.00. The zero-order chi connectivity index (χ0) is 16.4. The molecule has 3 rings (SSSR count). The minimum atomic E-state index is -0.478. The van der Waals surface area contributed by atoms with Crippen molar-refractivity contribution in [1.29, 1.82) is 0 Å². The summed E-state index contributed by atoms with van der Waals surface area (Å²) in [5.74, 6) is 0.576. The molecule has 0 amide bonds. The Morgan fingerprint density at radius 1 is 1.22 bits per heavy atom.